The molecule has 4 rings (SSSR count). The molecule has 1 aliphatic carbocycles. The Morgan fingerprint density at radius 1 is 1.20 bits per heavy atom. The molecule has 6 nitrogen and oxygen atoms in total. The number of thiazole rings is 1. The van der Waals surface area contributed by atoms with Crippen LogP contribution in [0, 0.1) is 0 Å². The number of hydrogen-bond donors (Lipinski definition) is 2. The Hall–Kier alpha value is -2.64. The number of carbonyl (C=O) groups is 2. The van der Waals surface area contributed by atoms with Gasteiger partial charge in [-0.2, -0.15) is 0 Å². The van der Waals surface area contributed by atoms with Crippen molar-refractivity contribution in [1.82, 2.24) is 9.97 Å². The predicted octanol–water partition coefficient (Wildman–Crippen LogP) is 5.03. The van der Waals surface area contributed by atoms with Crippen LogP contribution < -0.4 is 5.32 Å². The molecule has 3 aromatic rings. The minimum Gasteiger partial charge on any atom is -0.386 e. The normalized spacial score (nSPS) is 14.8. The van der Waals surface area contributed by atoms with E-state index in [-0.39, 0.29) is 5.91 Å². The van der Waals surface area contributed by atoms with Crippen molar-refractivity contribution in [2.24, 2.45) is 0 Å². The summed E-state index contributed by atoms with van der Waals surface area (Å²) in [6.45, 7) is 5.44. The second-order valence-corrected chi connectivity index (χ2v) is 9.04. The number of aliphatic hydroxyl groups is 1. The number of nitrogens with zero attached hydrogens (tertiary/aromatic N) is 2. The van der Waals surface area contributed by atoms with E-state index in [1.54, 1.807) is 49.6 Å². The first-order chi connectivity index (χ1) is 14.4. The highest BCUT2D eigenvalue weighted by Crippen LogP contribution is 2.39. The molecule has 1 aliphatic rings. The van der Waals surface area contributed by atoms with Gasteiger partial charge in [-0.05, 0) is 51.0 Å². The topological polar surface area (TPSA) is 92.2 Å². The van der Waals surface area contributed by atoms with Crippen molar-refractivity contribution < 1.29 is 14.7 Å². The summed E-state index contributed by atoms with van der Waals surface area (Å²) in [7, 11) is 0. The molecule has 2 N–H and O–H groups in total. The lowest BCUT2D eigenvalue weighted by atomic mass is 9.90. The summed E-state index contributed by atoms with van der Waals surface area (Å²) >= 11 is 1.70. The molecule has 1 saturated carbocycles. The molecule has 1 aromatic carbocycles. The van der Waals surface area contributed by atoms with Crippen LogP contribution >= 0.6 is 11.3 Å². The summed E-state index contributed by atoms with van der Waals surface area (Å²) in [5, 5.41) is 14.8. The van der Waals surface area contributed by atoms with Crippen LogP contribution in [-0.2, 0) is 10.4 Å². The first kappa shape index (κ1) is 22.1. The first-order valence-electron chi connectivity index (χ1n) is 10.1. The fraction of sp³-hybridized carbons (Fsp3) is 0.391. The number of rotatable bonds is 4. The van der Waals surface area contributed by atoms with Crippen LogP contribution in [0.4, 0.5) is 5.69 Å². The molecule has 0 saturated heterocycles. The van der Waals surface area contributed by atoms with Crippen molar-refractivity contribution in [1.29, 1.82) is 0 Å². The van der Waals surface area contributed by atoms with E-state index in [4.69, 9.17) is 9.78 Å². The van der Waals surface area contributed by atoms with Gasteiger partial charge < -0.3 is 15.2 Å². The Bertz CT molecular complexity index is 1010. The van der Waals surface area contributed by atoms with Gasteiger partial charge in [-0.15, -0.1) is 11.3 Å². The summed E-state index contributed by atoms with van der Waals surface area (Å²) in [4.78, 5) is 29.6. The highest BCUT2D eigenvalue weighted by atomic mass is 32.1. The Labute approximate surface area is 180 Å². The molecule has 0 unspecified atom stereocenters. The number of amides is 1. The lowest BCUT2D eigenvalue weighted by molar-refractivity contribution is -0.0980. The van der Waals surface area contributed by atoms with Crippen molar-refractivity contribution in [3.05, 3.63) is 52.8 Å². The molecule has 0 aliphatic heterocycles. The smallest absolute Gasteiger partial charge is 0.274 e. The molecule has 158 valence electrons. The maximum absolute atomic E-state index is 12.6. The van der Waals surface area contributed by atoms with Crippen molar-refractivity contribution >= 4 is 39.9 Å². The standard InChI is InChI=1S/C22H25N3O2S.CH2O/c1-22(2,27)15-12-18-19(28-21(25-18)14-8-4-3-5-9-14)13-17(15)24-20(26)16-10-6-7-11-23-16;1-2/h6-7,10-14,27H,3-5,8-9H2,1-2H3,(H,24,26);1H2. The Balaban J connectivity index is 0.00000124. The second-order valence-electron chi connectivity index (χ2n) is 7.98. The van der Waals surface area contributed by atoms with E-state index in [2.05, 4.69) is 10.3 Å². The summed E-state index contributed by atoms with van der Waals surface area (Å²) < 4.78 is 1.03. The van der Waals surface area contributed by atoms with E-state index in [1.165, 1.54) is 37.1 Å². The lowest BCUT2D eigenvalue weighted by Crippen LogP contribution is -2.21. The maximum Gasteiger partial charge on any atom is 0.274 e. The summed E-state index contributed by atoms with van der Waals surface area (Å²) in [6.07, 6.45) is 7.83. The van der Waals surface area contributed by atoms with Crippen LogP contribution in [0.5, 0.6) is 0 Å². The molecule has 2 heterocycles. The molecule has 30 heavy (non-hydrogen) atoms. The number of aromatic nitrogens is 2. The Morgan fingerprint density at radius 2 is 1.93 bits per heavy atom. The van der Waals surface area contributed by atoms with Gasteiger partial charge >= 0.3 is 0 Å². The van der Waals surface area contributed by atoms with Gasteiger partial charge in [-0.1, -0.05) is 25.3 Å². The molecule has 2 aromatic heterocycles. The van der Waals surface area contributed by atoms with E-state index in [0.29, 0.717) is 22.9 Å². The van der Waals surface area contributed by atoms with E-state index >= 15 is 0 Å². The number of pyridine rings is 1. The van der Waals surface area contributed by atoms with Crippen molar-refractivity contribution in [3.8, 4) is 0 Å². The molecule has 1 fully saturated rings. The van der Waals surface area contributed by atoms with Gasteiger partial charge in [0, 0.05) is 23.4 Å². The molecule has 0 atom stereocenters. The average molecular weight is 426 g/mol. The number of fused-ring (bicyclic) bond motifs is 1. The van der Waals surface area contributed by atoms with Crippen LogP contribution in [-0.4, -0.2) is 27.8 Å². The molecule has 0 bridgehead atoms. The van der Waals surface area contributed by atoms with Gasteiger partial charge in [0.25, 0.3) is 5.91 Å². The molecular formula is C23H27N3O3S. The van der Waals surface area contributed by atoms with E-state index in [1.807, 2.05) is 18.9 Å². The van der Waals surface area contributed by atoms with Gasteiger partial charge in [0.05, 0.1) is 20.8 Å². The number of carbonyl (C=O) groups excluding carboxylic acids is 2. The van der Waals surface area contributed by atoms with Crippen LogP contribution in [0.3, 0.4) is 0 Å². The second kappa shape index (κ2) is 9.45. The fourth-order valence-electron chi connectivity index (χ4n) is 3.81. The summed E-state index contributed by atoms with van der Waals surface area (Å²) in [5.74, 6) is 0.241. The highest BCUT2D eigenvalue weighted by molar-refractivity contribution is 7.18. The van der Waals surface area contributed by atoms with Crippen molar-refractivity contribution in [2.45, 2.75) is 57.5 Å². The zero-order chi connectivity index (χ0) is 21.7. The zero-order valence-electron chi connectivity index (χ0n) is 17.4. The third kappa shape index (κ3) is 4.91. The van der Waals surface area contributed by atoms with Gasteiger partial charge in [-0.25, -0.2) is 4.98 Å². The average Bonchev–Trinajstić information content (AvgIpc) is 3.18. The molecule has 7 heteroatoms. The minimum absolute atomic E-state index is 0.289. The minimum atomic E-state index is -1.10. The largest absolute Gasteiger partial charge is 0.386 e. The van der Waals surface area contributed by atoms with Crippen molar-refractivity contribution in [2.75, 3.05) is 5.32 Å². The number of hydrogen-bond acceptors (Lipinski definition) is 6. The predicted molar refractivity (Wildman–Crippen MR) is 120 cm³/mol. The van der Waals surface area contributed by atoms with Gasteiger partial charge in [-0.3, -0.25) is 9.78 Å². The molecule has 0 radical (unpaired) electrons. The third-order valence-corrected chi connectivity index (χ3v) is 6.48. The SMILES string of the molecule is C=O.CC(C)(O)c1cc2nc(C3CCCCC3)sc2cc1NC(=O)c1ccccn1. The van der Waals surface area contributed by atoms with Crippen molar-refractivity contribution in [3.63, 3.8) is 0 Å². The molecular weight excluding hydrogens is 398 g/mol. The zero-order valence-corrected chi connectivity index (χ0v) is 18.2. The fourth-order valence-corrected chi connectivity index (χ4v) is 4.97. The first-order valence-corrected chi connectivity index (χ1v) is 10.9. The van der Waals surface area contributed by atoms with E-state index in [0.717, 1.165) is 10.2 Å². The van der Waals surface area contributed by atoms with Gasteiger partial charge in [0.2, 0.25) is 0 Å². The van der Waals surface area contributed by atoms with Gasteiger partial charge in [0.1, 0.15) is 12.5 Å². The summed E-state index contributed by atoms with van der Waals surface area (Å²) in [5.41, 5.74) is 1.39. The van der Waals surface area contributed by atoms with Crippen LogP contribution in [0.1, 0.15) is 72.9 Å². The molecule has 1 amide bonds. The third-order valence-electron chi connectivity index (χ3n) is 5.30. The monoisotopic (exact) mass is 425 g/mol. The molecule has 0 spiro atoms. The van der Waals surface area contributed by atoms with Crippen LogP contribution in [0.25, 0.3) is 10.2 Å². The summed E-state index contributed by atoms with van der Waals surface area (Å²) in [6, 6.07) is 9.07. The Morgan fingerprint density at radius 3 is 2.57 bits per heavy atom. The number of nitrogens with one attached hydrogen (secondary N) is 1. The number of benzene rings is 1. The van der Waals surface area contributed by atoms with E-state index < -0.39 is 5.60 Å². The highest BCUT2D eigenvalue weighted by Gasteiger charge is 2.25. The van der Waals surface area contributed by atoms with Crippen LogP contribution in [0.2, 0.25) is 0 Å². The quantitative estimate of drug-likeness (QED) is 0.611. The van der Waals surface area contributed by atoms with E-state index in [9.17, 15) is 9.90 Å². The maximum atomic E-state index is 12.6. The van der Waals surface area contributed by atoms with Gasteiger partial charge in [0.15, 0.2) is 0 Å². The van der Waals surface area contributed by atoms with Crippen LogP contribution in [0.15, 0.2) is 36.5 Å². The Kier molecular flexibility index (Phi) is 6.95. The lowest BCUT2D eigenvalue weighted by Gasteiger charge is -2.22. The number of anilines is 1.